The van der Waals surface area contributed by atoms with Gasteiger partial charge in [0.1, 0.15) is 15.4 Å². The van der Waals surface area contributed by atoms with Crippen molar-refractivity contribution in [2.24, 2.45) is 0 Å². The van der Waals surface area contributed by atoms with Gasteiger partial charge >= 0.3 is 5.97 Å². The molecule has 2 N–H and O–H groups in total. The maximum Gasteiger partial charge on any atom is 0.323 e. The zero-order chi connectivity index (χ0) is 13.9. The summed E-state index contributed by atoms with van der Waals surface area (Å²) in [6.07, 6.45) is 0.245. The molecule has 1 aliphatic heterocycles. The van der Waals surface area contributed by atoms with E-state index in [1.807, 2.05) is 30.3 Å². The third kappa shape index (κ3) is 3.33. The molecule has 1 fully saturated rings. The fraction of sp³-hybridized carbons (Fsp3) is 0.462. The van der Waals surface area contributed by atoms with E-state index in [4.69, 9.17) is 0 Å². The topological polar surface area (TPSA) is 83.5 Å². The summed E-state index contributed by atoms with van der Waals surface area (Å²) in [5.74, 6) is -1.11. The summed E-state index contributed by atoms with van der Waals surface area (Å²) < 4.78 is 22.8. The quantitative estimate of drug-likeness (QED) is 0.854. The van der Waals surface area contributed by atoms with Crippen molar-refractivity contribution in [3.05, 3.63) is 35.9 Å². The second kappa shape index (κ2) is 5.30. The van der Waals surface area contributed by atoms with Gasteiger partial charge in [0.15, 0.2) is 0 Å². The molecule has 0 unspecified atom stereocenters. The van der Waals surface area contributed by atoms with Crippen molar-refractivity contribution >= 4 is 15.8 Å². The summed E-state index contributed by atoms with van der Waals surface area (Å²) in [7, 11) is -3.07. The minimum Gasteiger partial charge on any atom is -0.480 e. The van der Waals surface area contributed by atoms with Gasteiger partial charge < -0.3 is 5.11 Å². The molecule has 0 saturated carbocycles. The zero-order valence-electron chi connectivity index (χ0n) is 10.5. The lowest BCUT2D eigenvalue weighted by Crippen LogP contribution is -2.56. The van der Waals surface area contributed by atoms with Gasteiger partial charge in [-0.25, -0.2) is 8.42 Å². The maximum atomic E-state index is 11.5. The molecule has 0 aromatic heterocycles. The SMILES string of the molecule is O=C(O)C1(NCc2ccccc2)CCS(=O)(=O)CC1. The summed E-state index contributed by atoms with van der Waals surface area (Å²) in [5, 5.41) is 12.4. The van der Waals surface area contributed by atoms with Crippen LogP contribution in [0.4, 0.5) is 0 Å². The van der Waals surface area contributed by atoms with Crippen LogP contribution in [0.5, 0.6) is 0 Å². The number of hydrogen-bond donors (Lipinski definition) is 2. The van der Waals surface area contributed by atoms with Crippen LogP contribution in [0.25, 0.3) is 0 Å². The first-order valence-corrected chi connectivity index (χ1v) is 7.98. The van der Waals surface area contributed by atoms with Gasteiger partial charge in [-0.1, -0.05) is 30.3 Å². The number of benzene rings is 1. The fourth-order valence-corrected chi connectivity index (χ4v) is 3.74. The van der Waals surface area contributed by atoms with Crippen LogP contribution in [0.1, 0.15) is 18.4 Å². The van der Waals surface area contributed by atoms with E-state index in [9.17, 15) is 18.3 Å². The van der Waals surface area contributed by atoms with Crippen molar-refractivity contribution in [1.82, 2.24) is 5.32 Å². The third-order valence-corrected chi connectivity index (χ3v) is 5.22. The number of rotatable bonds is 4. The number of carbonyl (C=O) groups is 1. The van der Waals surface area contributed by atoms with Crippen LogP contribution in [-0.2, 0) is 21.2 Å². The number of nitrogens with one attached hydrogen (secondary N) is 1. The molecule has 1 saturated heterocycles. The van der Waals surface area contributed by atoms with Crippen molar-refractivity contribution in [2.75, 3.05) is 11.5 Å². The highest BCUT2D eigenvalue weighted by molar-refractivity contribution is 7.91. The highest BCUT2D eigenvalue weighted by atomic mass is 32.2. The Morgan fingerprint density at radius 2 is 1.79 bits per heavy atom. The molecule has 1 aliphatic rings. The van der Waals surface area contributed by atoms with Crippen LogP contribution in [-0.4, -0.2) is 36.5 Å². The lowest BCUT2D eigenvalue weighted by Gasteiger charge is -2.34. The molecule has 104 valence electrons. The molecule has 6 heteroatoms. The van der Waals surface area contributed by atoms with E-state index in [-0.39, 0.29) is 24.3 Å². The molecular formula is C13H17NO4S. The van der Waals surface area contributed by atoms with Gasteiger partial charge in [-0.3, -0.25) is 10.1 Å². The van der Waals surface area contributed by atoms with Crippen LogP contribution in [0.3, 0.4) is 0 Å². The largest absolute Gasteiger partial charge is 0.480 e. The third-order valence-electron chi connectivity index (χ3n) is 3.56. The van der Waals surface area contributed by atoms with Crippen LogP contribution in [0.2, 0.25) is 0 Å². The van der Waals surface area contributed by atoms with Gasteiger partial charge in [-0.15, -0.1) is 0 Å². The Bertz CT molecular complexity index is 539. The first-order chi connectivity index (χ1) is 8.94. The molecule has 19 heavy (non-hydrogen) atoms. The van der Waals surface area contributed by atoms with E-state index >= 15 is 0 Å². The Morgan fingerprint density at radius 1 is 1.21 bits per heavy atom. The van der Waals surface area contributed by atoms with E-state index in [1.54, 1.807) is 0 Å². The minimum absolute atomic E-state index is 0.0684. The predicted molar refractivity (Wildman–Crippen MR) is 71.5 cm³/mol. The summed E-state index contributed by atoms with van der Waals surface area (Å²) in [4.78, 5) is 11.5. The number of sulfone groups is 1. The molecular weight excluding hydrogens is 266 g/mol. The van der Waals surface area contributed by atoms with E-state index < -0.39 is 21.3 Å². The molecule has 0 aliphatic carbocycles. The van der Waals surface area contributed by atoms with Gasteiger partial charge in [0, 0.05) is 6.54 Å². The molecule has 1 heterocycles. The monoisotopic (exact) mass is 283 g/mol. The van der Waals surface area contributed by atoms with Crippen molar-refractivity contribution < 1.29 is 18.3 Å². The van der Waals surface area contributed by atoms with Gasteiger partial charge in [0.2, 0.25) is 0 Å². The molecule has 0 amide bonds. The second-order valence-corrected chi connectivity index (χ2v) is 7.18. The Hall–Kier alpha value is -1.40. The standard InChI is InChI=1S/C13H17NO4S/c15-12(16)13(6-8-19(17,18)9-7-13)14-10-11-4-2-1-3-5-11/h1-5,14H,6-10H2,(H,15,16). The van der Waals surface area contributed by atoms with Crippen LogP contribution in [0.15, 0.2) is 30.3 Å². The van der Waals surface area contributed by atoms with E-state index in [1.165, 1.54) is 0 Å². The summed E-state index contributed by atoms with van der Waals surface area (Å²) in [5.41, 5.74) is -0.141. The van der Waals surface area contributed by atoms with E-state index in [0.717, 1.165) is 5.56 Å². The first-order valence-electron chi connectivity index (χ1n) is 6.16. The summed E-state index contributed by atoms with van der Waals surface area (Å²) in [6, 6.07) is 9.47. The Balaban J connectivity index is 2.07. The number of carboxylic acids is 1. The van der Waals surface area contributed by atoms with Gasteiger partial charge in [-0.05, 0) is 18.4 Å². The van der Waals surface area contributed by atoms with Gasteiger partial charge in [0.05, 0.1) is 11.5 Å². The molecule has 0 atom stereocenters. The molecule has 1 aromatic carbocycles. The number of aliphatic carboxylic acids is 1. The Labute approximate surface area is 112 Å². The number of hydrogen-bond acceptors (Lipinski definition) is 4. The van der Waals surface area contributed by atoms with Crippen molar-refractivity contribution in [3.8, 4) is 0 Å². The van der Waals surface area contributed by atoms with Crippen LogP contribution >= 0.6 is 0 Å². The smallest absolute Gasteiger partial charge is 0.323 e. The lowest BCUT2D eigenvalue weighted by atomic mass is 9.92. The lowest BCUT2D eigenvalue weighted by molar-refractivity contribution is -0.145. The van der Waals surface area contributed by atoms with Gasteiger partial charge in [0.25, 0.3) is 0 Å². The van der Waals surface area contributed by atoms with Crippen molar-refractivity contribution in [2.45, 2.75) is 24.9 Å². The van der Waals surface area contributed by atoms with Gasteiger partial charge in [-0.2, -0.15) is 0 Å². The normalized spacial score (nSPS) is 20.8. The van der Waals surface area contributed by atoms with E-state index in [2.05, 4.69) is 5.32 Å². The highest BCUT2D eigenvalue weighted by Crippen LogP contribution is 2.24. The molecule has 0 spiro atoms. The Kier molecular flexibility index (Phi) is 3.91. The average molecular weight is 283 g/mol. The van der Waals surface area contributed by atoms with Crippen molar-refractivity contribution in [3.63, 3.8) is 0 Å². The highest BCUT2D eigenvalue weighted by Gasteiger charge is 2.43. The predicted octanol–water partition coefficient (Wildman–Crippen LogP) is 0.808. The Morgan fingerprint density at radius 3 is 2.32 bits per heavy atom. The number of carboxylic acid groups (broad SMARTS) is 1. The van der Waals surface area contributed by atoms with Crippen LogP contribution in [0, 0.1) is 0 Å². The molecule has 1 aromatic rings. The molecule has 2 rings (SSSR count). The average Bonchev–Trinajstić information content (AvgIpc) is 2.39. The maximum absolute atomic E-state index is 11.5. The van der Waals surface area contributed by atoms with Crippen molar-refractivity contribution in [1.29, 1.82) is 0 Å². The fourth-order valence-electron chi connectivity index (χ4n) is 2.22. The zero-order valence-corrected chi connectivity index (χ0v) is 11.3. The summed E-state index contributed by atoms with van der Waals surface area (Å²) in [6.45, 7) is 0.424. The molecule has 5 nitrogen and oxygen atoms in total. The first kappa shape index (κ1) is 14.0. The second-order valence-electron chi connectivity index (χ2n) is 4.88. The molecule has 0 bridgehead atoms. The summed E-state index contributed by atoms with van der Waals surface area (Å²) >= 11 is 0. The van der Waals surface area contributed by atoms with E-state index in [0.29, 0.717) is 6.54 Å². The van der Waals surface area contributed by atoms with Crippen LogP contribution < -0.4 is 5.32 Å². The minimum atomic E-state index is -3.07. The molecule has 0 radical (unpaired) electrons.